The number of carbonyl (C=O) groups excluding carboxylic acids is 1. The van der Waals surface area contributed by atoms with Crippen LogP contribution in [0.4, 0.5) is 5.69 Å². The third-order valence-corrected chi connectivity index (χ3v) is 4.37. The summed E-state index contributed by atoms with van der Waals surface area (Å²) in [6.07, 6.45) is -0.382. The molecular formula is C12H16NO6P. The highest BCUT2D eigenvalue weighted by atomic mass is 31.2. The molecule has 1 rings (SSSR count). The van der Waals surface area contributed by atoms with Gasteiger partial charge in [-0.2, -0.15) is 0 Å². The Morgan fingerprint density at radius 1 is 1.20 bits per heavy atom. The van der Waals surface area contributed by atoms with Gasteiger partial charge in [0.15, 0.2) is 5.78 Å². The van der Waals surface area contributed by atoms with Crippen LogP contribution in [-0.4, -0.2) is 30.1 Å². The van der Waals surface area contributed by atoms with E-state index in [4.69, 9.17) is 9.05 Å². The summed E-state index contributed by atoms with van der Waals surface area (Å²) in [5.41, 5.74) is 0.120. The van der Waals surface area contributed by atoms with E-state index in [-0.39, 0.29) is 30.6 Å². The highest BCUT2D eigenvalue weighted by Crippen LogP contribution is 2.48. The van der Waals surface area contributed by atoms with Crippen LogP contribution >= 0.6 is 7.60 Å². The Morgan fingerprint density at radius 3 is 2.10 bits per heavy atom. The summed E-state index contributed by atoms with van der Waals surface area (Å²) in [4.78, 5) is 22.0. The van der Waals surface area contributed by atoms with Crippen molar-refractivity contribution in [3.8, 4) is 0 Å². The van der Waals surface area contributed by atoms with E-state index in [2.05, 4.69) is 0 Å². The van der Waals surface area contributed by atoms with Crippen LogP contribution in [0, 0.1) is 10.1 Å². The third-order valence-electron chi connectivity index (χ3n) is 2.39. The second-order valence-electron chi connectivity index (χ2n) is 3.83. The Balaban J connectivity index is 2.83. The summed E-state index contributed by atoms with van der Waals surface area (Å²) in [5.74, 6) is -0.440. The molecule has 0 aliphatic carbocycles. The van der Waals surface area contributed by atoms with Crippen molar-refractivity contribution in [2.45, 2.75) is 13.8 Å². The molecule has 1 aromatic carbocycles. The number of non-ortho nitro benzene ring substituents is 1. The summed E-state index contributed by atoms with van der Waals surface area (Å²) >= 11 is 0. The van der Waals surface area contributed by atoms with Crippen molar-refractivity contribution in [1.82, 2.24) is 0 Å². The van der Waals surface area contributed by atoms with Crippen molar-refractivity contribution < 1.29 is 23.3 Å². The number of nitro groups is 1. The maximum atomic E-state index is 12.2. The first-order valence-electron chi connectivity index (χ1n) is 6.07. The number of ketones is 1. The Bertz CT molecular complexity index is 517. The molecule has 0 radical (unpaired) electrons. The van der Waals surface area contributed by atoms with E-state index in [1.165, 1.54) is 24.3 Å². The minimum atomic E-state index is -3.46. The monoisotopic (exact) mass is 301 g/mol. The molecule has 0 bridgehead atoms. The molecular weight excluding hydrogens is 285 g/mol. The largest absolute Gasteiger partial charge is 0.338 e. The van der Waals surface area contributed by atoms with E-state index in [0.717, 1.165) is 0 Å². The standard InChI is InChI=1S/C12H16NO6P/c1-3-18-20(17,19-4-2)9-12(14)10-5-7-11(8-6-10)13(15)16/h5-8H,3-4,9H2,1-2H3. The first-order valence-corrected chi connectivity index (χ1v) is 7.80. The van der Waals surface area contributed by atoms with Gasteiger partial charge in [0.1, 0.15) is 6.16 Å². The van der Waals surface area contributed by atoms with Gasteiger partial charge in [0.25, 0.3) is 5.69 Å². The summed E-state index contributed by atoms with van der Waals surface area (Å²) in [7, 11) is -3.46. The Hall–Kier alpha value is -1.56. The lowest BCUT2D eigenvalue weighted by Crippen LogP contribution is -2.10. The molecule has 7 nitrogen and oxygen atoms in total. The molecule has 0 saturated heterocycles. The number of Topliss-reactive ketones (excluding diaryl/α,β-unsaturated/α-hetero) is 1. The van der Waals surface area contributed by atoms with Gasteiger partial charge in [0, 0.05) is 17.7 Å². The summed E-state index contributed by atoms with van der Waals surface area (Å²) in [6, 6.07) is 5.09. The topological polar surface area (TPSA) is 95.7 Å². The number of nitro benzene ring substituents is 1. The molecule has 0 amide bonds. The second kappa shape index (κ2) is 7.28. The number of rotatable bonds is 8. The quantitative estimate of drug-likeness (QED) is 0.317. The molecule has 0 unspecified atom stereocenters. The summed E-state index contributed by atoms with van der Waals surface area (Å²) in [6.45, 7) is 3.65. The molecule has 0 heterocycles. The van der Waals surface area contributed by atoms with E-state index in [0.29, 0.717) is 0 Å². The van der Waals surface area contributed by atoms with Gasteiger partial charge in [-0.15, -0.1) is 0 Å². The van der Waals surface area contributed by atoms with E-state index >= 15 is 0 Å². The molecule has 0 spiro atoms. The van der Waals surface area contributed by atoms with Crippen LogP contribution in [0.15, 0.2) is 24.3 Å². The Kier molecular flexibility index (Phi) is 6.01. The highest BCUT2D eigenvalue weighted by Gasteiger charge is 2.28. The zero-order valence-corrected chi connectivity index (χ0v) is 12.2. The zero-order chi connectivity index (χ0) is 15.2. The molecule has 0 aromatic heterocycles. The van der Waals surface area contributed by atoms with Crippen molar-refractivity contribution >= 4 is 19.1 Å². The normalized spacial score (nSPS) is 11.3. The predicted octanol–water partition coefficient (Wildman–Crippen LogP) is 3.04. The number of hydrogen-bond acceptors (Lipinski definition) is 6. The van der Waals surface area contributed by atoms with Gasteiger partial charge in [-0.05, 0) is 26.0 Å². The molecule has 1 aromatic rings. The molecule has 0 fully saturated rings. The van der Waals surface area contributed by atoms with Crippen LogP contribution in [-0.2, 0) is 13.6 Å². The Morgan fingerprint density at radius 2 is 1.70 bits per heavy atom. The number of benzene rings is 1. The second-order valence-corrected chi connectivity index (χ2v) is 5.89. The highest BCUT2D eigenvalue weighted by molar-refractivity contribution is 7.54. The van der Waals surface area contributed by atoms with E-state index in [9.17, 15) is 19.5 Å². The van der Waals surface area contributed by atoms with E-state index in [1.807, 2.05) is 0 Å². The minimum Gasteiger partial charge on any atom is -0.309 e. The molecule has 110 valence electrons. The van der Waals surface area contributed by atoms with Crippen LogP contribution in [0.5, 0.6) is 0 Å². The number of nitrogens with zero attached hydrogens (tertiary/aromatic N) is 1. The number of hydrogen-bond donors (Lipinski definition) is 0. The van der Waals surface area contributed by atoms with Gasteiger partial charge < -0.3 is 9.05 Å². The molecule has 20 heavy (non-hydrogen) atoms. The zero-order valence-electron chi connectivity index (χ0n) is 11.3. The van der Waals surface area contributed by atoms with Crippen LogP contribution in [0.2, 0.25) is 0 Å². The van der Waals surface area contributed by atoms with Crippen molar-refractivity contribution in [2.75, 3.05) is 19.4 Å². The van der Waals surface area contributed by atoms with Crippen LogP contribution in [0.1, 0.15) is 24.2 Å². The maximum absolute atomic E-state index is 12.2. The van der Waals surface area contributed by atoms with Crippen molar-refractivity contribution in [2.24, 2.45) is 0 Å². The molecule has 0 aliphatic rings. The third kappa shape index (κ3) is 4.52. The van der Waals surface area contributed by atoms with E-state index in [1.54, 1.807) is 13.8 Å². The molecule has 0 saturated carbocycles. The fraction of sp³-hybridized carbons (Fsp3) is 0.417. The minimum absolute atomic E-state index is 0.112. The van der Waals surface area contributed by atoms with Crippen LogP contribution < -0.4 is 0 Å². The molecule has 0 aliphatic heterocycles. The number of carbonyl (C=O) groups is 1. The maximum Gasteiger partial charge on any atom is 0.338 e. The van der Waals surface area contributed by atoms with Gasteiger partial charge >= 0.3 is 7.60 Å². The van der Waals surface area contributed by atoms with Gasteiger partial charge in [0.05, 0.1) is 18.1 Å². The predicted molar refractivity (Wildman–Crippen MR) is 73.2 cm³/mol. The Labute approximate surface area is 116 Å². The summed E-state index contributed by atoms with van der Waals surface area (Å²) in [5, 5.41) is 10.5. The first kappa shape index (κ1) is 16.5. The summed E-state index contributed by atoms with van der Waals surface area (Å²) < 4.78 is 22.3. The first-order chi connectivity index (χ1) is 9.41. The van der Waals surface area contributed by atoms with Crippen molar-refractivity contribution in [3.63, 3.8) is 0 Å². The van der Waals surface area contributed by atoms with Crippen molar-refractivity contribution in [3.05, 3.63) is 39.9 Å². The van der Waals surface area contributed by atoms with Crippen LogP contribution in [0.25, 0.3) is 0 Å². The van der Waals surface area contributed by atoms with Crippen LogP contribution in [0.3, 0.4) is 0 Å². The molecule has 0 N–H and O–H groups in total. The van der Waals surface area contributed by atoms with Gasteiger partial charge in [0.2, 0.25) is 0 Å². The average Bonchev–Trinajstić information content (AvgIpc) is 2.39. The van der Waals surface area contributed by atoms with E-state index < -0.39 is 18.3 Å². The molecule has 8 heteroatoms. The lowest BCUT2D eigenvalue weighted by molar-refractivity contribution is -0.384. The smallest absolute Gasteiger partial charge is 0.309 e. The van der Waals surface area contributed by atoms with Gasteiger partial charge in [-0.3, -0.25) is 19.5 Å². The fourth-order valence-corrected chi connectivity index (χ4v) is 3.14. The average molecular weight is 301 g/mol. The lowest BCUT2D eigenvalue weighted by Gasteiger charge is -2.16. The van der Waals surface area contributed by atoms with Gasteiger partial charge in [-0.1, -0.05) is 0 Å². The molecule has 0 atom stereocenters. The SMILES string of the molecule is CCOP(=O)(CC(=O)c1ccc([N+](=O)[O-])cc1)OCC. The van der Waals surface area contributed by atoms with Crippen molar-refractivity contribution in [1.29, 1.82) is 0 Å². The van der Waals surface area contributed by atoms with Gasteiger partial charge in [-0.25, -0.2) is 0 Å². The fourth-order valence-electron chi connectivity index (χ4n) is 1.56. The lowest BCUT2D eigenvalue weighted by atomic mass is 10.1.